The van der Waals surface area contributed by atoms with E-state index in [0.717, 1.165) is 47.5 Å². The van der Waals surface area contributed by atoms with Crippen molar-refractivity contribution in [2.45, 2.75) is 20.3 Å². The number of likely N-dealkylation sites (N-methyl/N-ethyl adjacent to an activating group) is 1. The molecule has 0 aliphatic heterocycles. The van der Waals surface area contributed by atoms with Crippen molar-refractivity contribution in [2.75, 3.05) is 42.8 Å². The fraction of sp³-hybridized carbons (Fsp3) is 0.276. The summed E-state index contributed by atoms with van der Waals surface area (Å²) in [5, 5.41) is 7.26. The summed E-state index contributed by atoms with van der Waals surface area (Å²) in [4.78, 5) is 24.2. The van der Waals surface area contributed by atoms with E-state index in [9.17, 15) is 4.79 Å². The highest BCUT2D eigenvalue weighted by Crippen LogP contribution is 2.31. The summed E-state index contributed by atoms with van der Waals surface area (Å²) in [6.07, 6.45) is 0.233. The van der Waals surface area contributed by atoms with Gasteiger partial charge in [0.1, 0.15) is 18.2 Å². The van der Waals surface area contributed by atoms with Gasteiger partial charge in [-0.05, 0) is 61.6 Å². The number of carbonyl (C=O) groups is 1. The minimum atomic E-state index is -0.152. The van der Waals surface area contributed by atoms with Gasteiger partial charge in [-0.3, -0.25) is 4.79 Å². The Balaban J connectivity index is 1.58. The molecule has 1 heterocycles. The van der Waals surface area contributed by atoms with Crippen LogP contribution in [0.1, 0.15) is 20.3 Å². The Morgan fingerprint density at radius 1 is 0.946 bits per heavy atom. The summed E-state index contributed by atoms with van der Waals surface area (Å²) in [5.74, 6) is 2.12. The van der Waals surface area contributed by atoms with Crippen LogP contribution in [-0.2, 0) is 4.79 Å². The molecule has 0 fully saturated rings. The molecule has 0 radical (unpaired) electrons. The molecular weight excluding hydrogens is 486 g/mol. The minimum Gasteiger partial charge on any atom is -0.492 e. The van der Waals surface area contributed by atoms with E-state index in [1.165, 1.54) is 0 Å². The first-order valence-electron chi connectivity index (χ1n) is 12.6. The summed E-state index contributed by atoms with van der Waals surface area (Å²) < 4.78 is 5.92. The van der Waals surface area contributed by atoms with Gasteiger partial charge in [0.05, 0.1) is 11.2 Å². The molecule has 0 aliphatic carbocycles. The molecule has 192 valence electrons. The second-order valence-electron chi connectivity index (χ2n) is 8.47. The number of alkyl halides is 1. The zero-order valence-electron chi connectivity index (χ0n) is 21.2. The third-order valence-electron chi connectivity index (χ3n) is 6.05. The lowest BCUT2D eigenvalue weighted by Gasteiger charge is -2.18. The average Bonchev–Trinajstić information content (AvgIpc) is 2.92. The highest BCUT2D eigenvalue weighted by atomic mass is 35.5. The number of amides is 1. The molecule has 2 N–H and O–H groups in total. The third-order valence-corrected chi connectivity index (χ3v) is 6.24. The van der Waals surface area contributed by atoms with E-state index < -0.39 is 0 Å². The molecule has 1 amide bonds. The number of halogens is 1. The summed E-state index contributed by atoms with van der Waals surface area (Å²) in [5.41, 5.74) is 3.06. The number of benzene rings is 3. The van der Waals surface area contributed by atoms with Gasteiger partial charge in [0.2, 0.25) is 5.91 Å². The fourth-order valence-corrected chi connectivity index (χ4v) is 4.15. The summed E-state index contributed by atoms with van der Waals surface area (Å²) >= 11 is 5.74. The number of para-hydroxylation sites is 2. The van der Waals surface area contributed by atoms with Crippen molar-refractivity contribution >= 4 is 45.6 Å². The van der Waals surface area contributed by atoms with Crippen molar-refractivity contribution in [3.63, 3.8) is 0 Å². The smallest absolute Gasteiger partial charge is 0.225 e. The molecule has 3 aromatic carbocycles. The van der Waals surface area contributed by atoms with Crippen LogP contribution in [0.25, 0.3) is 22.3 Å². The zero-order valence-corrected chi connectivity index (χ0v) is 22.0. The van der Waals surface area contributed by atoms with E-state index >= 15 is 0 Å². The first-order valence-corrected chi connectivity index (χ1v) is 13.1. The van der Waals surface area contributed by atoms with Crippen LogP contribution < -0.4 is 15.4 Å². The molecule has 4 aromatic rings. The molecule has 0 saturated heterocycles. The quantitative estimate of drug-likeness (QED) is 0.214. The Kier molecular flexibility index (Phi) is 9.29. The Morgan fingerprint density at radius 2 is 1.68 bits per heavy atom. The van der Waals surface area contributed by atoms with Crippen molar-refractivity contribution in [1.82, 2.24) is 14.9 Å². The van der Waals surface area contributed by atoms with E-state index in [1.807, 2.05) is 72.8 Å². The predicted molar refractivity (Wildman–Crippen MR) is 152 cm³/mol. The van der Waals surface area contributed by atoms with Gasteiger partial charge < -0.3 is 20.3 Å². The van der Waals surface area contributed by atoms with Crippen LogP contribution in [0.4, 0.5) is 17.2 Å². The molecule has 0 atom stereocenters. The number of rotatable bonds is 12. The monoisotopic (exact) mass is 517 g/mol. The lowest BCUT2D eigenvalue weighted by atomic mass is 10.1. The van der Waals surface area contributed by atoms with Crippen LogP contribution >= 0.6 is 11.6 Å². The summed E-state index contributed by atoms with van der Waals surface area (Å²) in [7, 11) is 0. The van der Waals surface area contributed by atoms with Gasteiger partial charge >= 0.3 is 0 Å². The molecule has 8 heteroatoms. The van der Waals surface area contributed by atoms with Gasteiger partial charge in [-0.1, -0.05) is 38.1 Å². The van der Waals surface area contributed by atoms with Gasteiger partial charge in [0.15, 0.2) is 5.82 Å². The second kappa shape index (κ2) is 13.0. The molecular formula is C29H32ClN5O2. The number of nitrogens with zero attached hydrogens (tertiary/aromatic N) is 3. The minimum absolute atomic E-state index is 0.152. The first-order chi connectivity index (χ1) is 18.1. The standard InChI is InChI=1S/C29H32ClN5O2/c1-3-35(4-2)19-20-37-22-15-13-21(14-16-22)31-28-24-10-6-8-12-26(24)33-29(34-28)23-9-5-7-11-25(23)32-27(36)17-18-30/h5-16H,3-4,17-20H2,1-2H3,(H,32,36)(H,31,33,34). The molecule has 1 aromatic heterocycles. The lowest BCUT2D eigenvalue weighted by Crippen LogP contribution is -2.27. The van der Waals surface area contributed by atoms with Gasteiger partial charge in [0.25, 0.3) is 0 Å². The molecule has 7 nitrogen and oxygen atoms in total. The van der Waals surface area contributed by atoms with Crippen molar-refractivity contribution in [1.29, 1.82) is 0 Å². The second-order valence-corrected chi connectivity index (χ2v) is 8.85. The number of hydrogen-bond donors (Lipinski definition) is 2. The number of ether oxygens (including phenoxy) is 1. The maximum Gasteiger partial charge on any atom is 0.225 e. The molecule has 0 unspecified atom stereocenters. The fourth-order valence-electron chi connectivity index (χ4n) is 3.98. The lowest BCUT2D eigenvalue weighted by molar-refractivity contribution is -0.115. The van der Waals surface area contributed by atoms with Gasteiger partial charge in [-0.25, -0.2) is 9.97 Å². The number of hydrogen-bond acceptors (Lipinski definition) is 6. The van der Waals surface area contributed by atoms with Crippen LogP contribution in [0.5, 0.6) is 5.75 Å². The van der Waals surface area contributed by atoms with E-state index in [-0.39, 0.29) is 18.2 Å². The molecule has 0 saturated carbocycles. The van der Waals surface area contributed by atoms with Crippen molar-refractivity contribution in [2.24, 2.45) is 0 Å². The normalized spacial score (nSPS) is 11.0. The van der Waals surface area contributed by atoms with Crippen LogP contribution in [0.15, 0.2) is 72.8 Å². The van der Waals surface area contributed by atoms with Crippen molar-refractivity contribution in [3.05, 3.63) is 72.8 Å². The van der Waals surface area contributed by atoms with Gasteiger partial charge in [-0.15, -0.1) is 11.6 Å². The number of anilines is 3. The van der Waals surface area contributed by atoms with Gasteiger partial charge in [0, 0.05) is 35.5 Å². The van der Waals surface area contributed by atoms with E-state index in [4.69, 9.17) is 26.3 Å². The zero-order chi connectivity index (χ0) is 26.0. The Bertz CT molecular complexity index is 1330. The Hall–Kier alpha value is -3.68. The Labute approximate surface area is 222 Å². The number of fused-ring (bicyclic) bond motifs is 1. The summed E-state index contributed by atoms with van der Waals surface area (Å²) in [6, 6.07) is 23.2. The third kappa shape index (κ3) is 6.96. The molecule has 0 aliphatic rings. The van der Waals surface area contributed by atoms with Crippen molar-refractivity contribution < 1.29 is 9.53 Å². The van der Waals surface area contributed by atoms with E-state index in [0.29, 0.717) is 23.9 Å². The Morgan fingerprint density at radius 3 is 2.43 bits per heavy atom. The van der Waals surface area contributed by atoms with E-state index in [1.54, 1.807) is 0 Å². The number of aromatic nitrogens is 2. The number of nitrogens with one attached hydrogen (secondary N) is 2. The molecule has 37 heavy (non-hydrogen) atoms. The average molecular weight is 518 g/mol. The first kappa shape index (κ1) is 26.4. The highest BCUT2D eigenvalue weighted by molar-refractivity contribution is 6.19. The molecule has 4 rings (SSSR count). The maximum atomic E-state index is 12.2. The summed E-state index contributed by atoms with van der Waals surface area (Å²) in [6.45, 7) is 7.89. The van der Waals surface area contributed by atoms with E-state index in [2.05, 4.69) is 29.4 Å². The largest absolute Gasteiger partial charge is 0.492 e. The molecule has 0 bridgehead atoms. The highest BCUT2D eigenvalue weighted by Gasteiger charge is 2.14. The van der Waals surface area contributed by atoms with Gasteiger partial charge in [-0.2, -0.15) is 0 Å². The maximum absolute atomic E-state index is 12.2. The van der Waals surface area contributed by atoms with Crippen molar-refractivity contribution in [3.8, 4) is 17.1 Å². The number of carbonyl (C=O) groups excluding carboxylic acids is 1. The van der Waals surface area contributed by atoms with Crippen LogP contribution in [0, 0.1) is 0 Å². The topological polar surface area (TPSA) is 79.4 Å². The predicted octanol–water partition coefficient (Wildman–Crippen LogP) is 6.33. The van der Waals surface area contributed by atoms with Crippen LogP contribution in [0.2, 0.25) is 0 Å². The van der Waals surface area contributed by atoms with Crippen LogP contribution in [0.3, 0.4) is 0 Å². The SMILES string of the molecule is CCN(CC)CCOc1ccc(Nc2nc(-c3ccccc3NC(=O)CCCl)nc3ccccc23)cc1. The van der Waals surface area contributed by atoms with Crippen LogP contribution in [-0.4, -0.2) is 52.9 Å². The molecule has 0 spiro atoms.